The van der Waals surface area contributed by atoms with Crippen LogP contribution in [0.2, 0.25) is 0 Å². The van der Waals surface area contributed by atoms with Crippen molar-refractivity contribution < 1.29 is 9.59 Å². The van der Waals surface area contributed by atoms with Gasteiger partial charge in [-0.3, -0.25) is 14.3 Å². The van der Waals surface area contributed by atoms with E-state index in [1.165, 1.54) is 4.68 Å². The van der Waals surface area contributed by atoms with Gasteiger partial charge in [0, 0.05) is 25.3 Å². The highest BCUT2D eigenvalue weighted by atomic mass is 16.2. The first-order valence-corrected chi connectivity index (χ1v) is 6.54. The molecule has 19 heavy (non-hydrogen) atoms. The monoisotopic (exact) mass is 263 g/mol. The van der Waals surface area contributed by atoms with E-state index in [-0.39, 0.29) is 24.3 Å². The quantitative estimate of drug-likeness (QED) is 0.657. The Balaban J connectivity index is 1.50. The van der Waals surface area contributed by atoms with Crippen molar-refractivity contribution in [2.24, 2.45) is 5.92 Å². The lowest BCUT2D eigenvalue weighted by Gasteiger charge is -2.25. The fourth-order valence-corrected chi connectivity index (χ4v) is 1.88. The van der Waals surface area contributed by atoms with Gasteiger partial charge in [-0.05, 0) is 12.8 Å². The number of anilines is 1. The Labute approximate surface area is 110 Å². The van der Waals surface area contributed by atoms with Crippen molar-refractivity contribution in [1.82, 2.24) is 20.4 Å². The van der Waals surface area contributed by atoms with Crippen molar-refractivity contribution in [3.8, 4) is 0 Å². The Morgan fingerprint density at radius 3 is 2.84 bits per heavy atom. The molecule has 1 saturated heterocycles. The number of nitrogens with zero attached hydrogens (tertiary/aromatic N) is 2. The van der Waals surface area contributed by atoms with Crippen LogP contribution in [0.25, 0.3) is 0 Å². The normalized spacial score (nSPS) is 18.7. The van der Waals surface area contributed by atoms with E-state index in [9.17, 15) is 9.59 Å². The van der Waals surface area contributed by atoms with Crippen molar-refractivity contribution in [2.45, 2.75) is 25.4 Å². The van der Waals surface area contributed by atoms with E-state index >= 15 is 0 Å². The van der Waals surface area contributed by atoms with Crippen molar-refractivity contribution >= 4 is 17.5 Å². The van der Waals surface area contributed by atoms with E-state index in [2.05, 4.69) is 21.0 Å². The zero-order chi connectivity index (χ0) is 13.2. The second kappa shape index (κ2) is 5.00. The summed E-state index contributed by atoms with van der Waals surface area (Å²) in [7, 11) is 0. The lowest BCUT2D eigenvalue weighted by atomic mass is 10.0. The first-order valence-electron chi connectivity index (χ1n) is 6.54. The van der Waals surface area contributed by atoms with Crippen LogP contribution in [0.15, 0.2) is 12.4 Å². The number of hydrogen-bond acceptors (Lipinski definition) is 4. The van der Waals surface area contributed by atoms with Gasteiger partial charge in [-0.15, -0.1) is 0 Å². The number of hydrogen-bond donors (Lipinski definition) is 3. The zero-order valence-corrected chi connectivity index (χ0v) is 10.6. The number of aromatic nitrogens is 2. The molecule has 2 aliphatic rings. The smallest absolute Gasteiger partial charge is 0.241 e. The van der Waals surface area contributed by atoms with Gasteiger partial charge >= 0.3 is 0 Å². The van der Waals surface area contributed by atoms with Crippen LogP contribution in [0.1, 0.15) is 12.8 Å². The molecule has 3 N–H and O–H groups in total. The largest absolute Gasteiger partial charge is 0.352 e. The maximum Gasteiger partial charge on any atom is 0.241 e. The van der Waals surface area contributed by atoms with Crippen LogP contribution in [-0.2, 0) is 16.1 Å². The van der Waals surface area contributed by atoms with Crippen LogP contribution in [0, 0.1) is 5.92 Å². The molecule has 1 aliphatic heterocycles. The summed E-state index contributed by atoms with van der Waals surface area (Å²) >= 11 is 0. The van der Waals surface area contributed by atoms with Crippen LogP contribution in [0.4, 0.5) is 5.69 Å². The maximum atomic E-state index is 11.7. The third-order valence-corrected chi connectivity index (χ3v) is 3.30. The molecule has 1 aliphatic carbocycles. The van der Waals surface area contributed by atoms with Crippen molar-refractivity contribution in [3.05, 3.63) is 12.4 Å². The molecule has 1 saturated carbocycles. The van der Waals surface area contributed by atoms with Gasteiger partial charge in [0.15, 0.2) is 0 Å². The number of carbonyl (C=O) groups is 2. The molecule has 0 atom stereocenters. The average Bonchev–Trinajstić information content (AvgIpc) is 2.97. The molecule has 1 aromatic heterocycles. The number of nitrogens with one attached hydrogen (secondary N) is 3. The summed E-state index contributed by atoms with van der Waals surface area (Å²) in [4.78, 5) is 23.3. The Morgan fingerprint density at radius 1 is 1.42 bits per heavy atom. The molecule has 0 unspecified atom stereocenters. The predicted octanol–water partition coefficient (Wildman–Crippen LogP) is -0.680. The van der Waals surface area contributed by atoms with E-state index in [4.69, 9.17) is 0 Å². The van der Waals surface area contributed by atoms with Gasteiger partial charge < -0.3 is 16.0 Å². The van der Waals surface area contributed by atoms with E-state index < -0.39 is 0 Å². The number of amides is 2. The van der Waals surface area contributed by atoms with Crippen molar-refractivity contribution in [3.63, 3.8) is 0 Å². The molecule has 3 rings (SSSR count). The lowest BCUT2D eigenvalue weighted by Crippen LogP contribution is -2.48. The molecule has 2 amide bonds. The molecule has 7 nitrogen and oxygen atoms in total. The molecular formula is C12H17N5O2. The van der Waals surface area contributed by atoms with Gasteiger partial charge in [0.25, 0.3) is 0 Å². The Hall–Kier alpha value is -1.89. The molecule has 0 spiro atoms. The molecular weight excluding hydrogens is 246 g/mol. The van der Waals surface area contributed by atoms with E-state index in [1.807, 2.05) is 0 Å². The first-order chi connectivity index (χ1) is 9.20. The second-order valence-electron chi connectivity index (χ2n) is 5.11. The van der Waals surface area contributed by atoms with Crippen LogP contribution in [0.5, 0.6) is 0 Å². The average molecular weight is 263 g/mol. The van der Waals surface area contributed by atoms with Gasteiger partial charge in [0.2, 0.25) is 11.8 Å². The molecule has 2 heterocycles. The highest BCUT2D eigenvalue weighted by Gasteiger charge is 2.25. The Morgan fingerprint density at radius 2 is 2.21 bits per heavy atom. The van der Waals surface area contributed by atoms with Gasteiger partial charge in [-0.2, -0.15) is 5.10 Å². The first kappa shape index (κ1) is 12.2. The van der Waals surface area contributed by atoms with E-state index in [0.29, 0.717) is 11.7 Å². The molecule has 1 aromatic rings. The van der Waals surface area contributed by atoms with Crippen molar-refractivity contribution in [2.75, 3.05) is 18.4 Å². The summed E-state index contributed by atoms with van der Waals surface area (Å²) in [6, 6.07) is 0.355. The standard InChI is InChI=1S/C12H17N5O2/c18-11(15-9-1-2-9)7-17-6-10(5-14-17)16-12(19)8-3-13-4-8/h5-6,8-9,13H,1-4,7H2,(H,15,18)(H,16,19). The SMILES string of the molecule is O=C(Cn1cc(NC(=O)C2CNC2)cn1)NC1CC1. The van der Waals surface area contributed by atoms with E-state index in [0.717, 1.165) is 25.9 Å². The van der Waals surface area contributed by atoms with Gasteiger partial charge in [-0.1, -0.05) is 0 Å². The molecule has 0 bridgehead atoms. The van der Waals surface area contributed by atoms with Crippen LogP contribution in [0.3, 0.4) is 0 Å². The van der Waals surface area contributed by atoms with Gasteiger partial charge in [-0.25, -0.2) is 0 Å². The molecule has 2 fully saturated rings. The zero-order valence-electron chi connectivity index (χ0n) is 10.6. The van der Waals surface area contributed by atoms with Gasteiger partial charge in [0.05, 0.1) is 17.8 Å². The topological polar surface area (TPSA) is 88.1 Å². The summed E-state index contributed by atoms with van der Waals surface area (Å²) in [5, 5.41) is 12.8. The van der Waals surface area contributed by atoms with Gasteiger partial charge in [0.1, 0.15) is 6.54 Å². The fraction of sp³-hybridized carbons (Fsp3) is 0.583. The maximum absolute atomic E-state index is 11.7. The summed E-state index contributed by atoms with van der Waals surface area (Å²) in [6.45, 7) is 1.64. The van der Waals surface area contributed by atoms with Crippen LogP contribution < -0.4 is 16.0 Å². The summed E-state index contributed by atoms with van der Waals surface area (Å²) < 4.78 is 1.53. The summed E-state index contributed by atoms with van der Waals surface area (Å²) in [5.41, 5.74) is 0.635. The highest BCUT2D eigenvalue weighted by molar-refractivity contribution is 5.93. The molecule has 102 valence electrons. The Kier molecular flexibility index (Phi) is 3.20. The number of carbonyl (C=O) groups excluding carboxylic acids is 2. The van der Waals surface area contributed by atoms with Crippen LogP contribution >= 0.6 is 0 Å². The summed E-state index contributed by atoms with van der Waals surface area (Å²) in [5.74, 6) is 0.00826. The highest BCUT2D eigenvalue weighted by Crippen LogP contribution is 2.18. The van der Waals surface area contributed by atoms with Crippen LogP contribution in [-0.4, -0.2) is 40.7 Å². The minimum atomic E-state index is -0.0355. The second-order valence-corrected chi connectivity index (χ2v) is 5.11. The third kappa shape index (κ3) is 3.11. The minimum Gasteiger partial charge on any atom is -0.352 e. The minimum absolute atomic E-state index is 0.000678. The van der Waals surface area contributed by atoms with Crippen molar-refractivity contribution in [1.29, 1.82) is 0 Å². The Bertz CT molecular complexity index is 490. The van der Waals surface area contributed by atoms with E-state index in [1.54, 1.807) is 12.4 Å². The summed E-state index contributed by atoms with van der Waals surface area (Å²) in [6.07, 6.45) is 5.38. The fourth-order valence-electron chi connectivity index (χ4n) is 1.88. The molecule has 0 aromatic carbocycles. The predicted molar refractivity (Wildman–Crippen MR) is 68.4 cm³/mol. The molecule has 7 heteroatoms. The number of rotatable bonds is 5. The lowest BCUT2D eigenvalue weighted by molar-refractivity contribution is -0.122. The molecule has 0 radical (unpaired) electrons. The third-order valence-electron chi connectivity index (χ3n) is 3.30.